The van der Waals surface area contributed by atoms with E-state index >= 15 is 0 Å². The predicted molar refractivity (Wildman–Crippen MR) is 67.6 cm³/mol. The van der Waals surface area contributed by atoms with Gasteiger partial charge in [0.25, 0.3) is 0 Å². The number of rotatable bonds is 5. The van der Waals surface area contributed by atoms with Gasteiger partial charge in [-0.15, -0.1) is 0 Å². The molecule has 1 aliphatic heterocycles. The zero-order valence-corrected chi connectivity index (χ0v) is 11.2. The number of hydrogen-bond acceptors (Lipinski definition) is 2. The largest absolute Gasteiger partial charge is 0.378 e. The van der Waals surface area contributed by atoms with Crippen LogP contribution in [-0.2, 0) is 4.74 Å². The van der Waals surface area contributed by atoms with Gasteiger partial charge in [-0.3, -0.25) is 0 Å². The zero-order valence-electron chi connectivity index (χ0n) is 11.2. The molecule has 0 unspecified atom stereocenters. The Bertz CT molecular complexity index is 215. The highest BCUT2D eigenvalue weighted by molar-refractivity contribution is 4.96. The SMILES string of the molecule is CC1CCN(CC2(COC(C)C)CC2)CC1. The van der Waals surface area contributed by atoms with Gasteiger partial charge in [0.15, 0.2) is 0 Å². The van der Waals surface area contributed by atoms with E-state index in [2.05, 4.69) is 25.7 Å². The van der Waals surface area contributed by atoms with Crippen LogP contribution in [0.25, 0.3) is 0 Å². The van der Waals surface area contributed by atoms with Gasteiger partial charge < -0.3 is 9.64 Å². The molecule has 0 atom stereocenters. The van der Waals surface area contributed by atoms with E-state index in [0.717, 1.165) is 12.5 Å². The van der Waals surface area contributed by atoms with Gasteiger partial charge in [-0.2, -0.15) is 0 Å². The fraction of sp³-hybridized carbons (Fsp3) is 1.00. The molecular formula is C14H27NO. The van der Waals surface area contributed by atoms with Gasteiger partial charge in [-0.1, -0.05) is 6.92 Å². The molecule has 94 valence electrons. The van der Waals surface area contributed by atoms with Crippen molar-refractivity contribution in [3.8, 4) is 0 Å². The Hall–Kier alpha value is -0.0800. The summed E-state index contributed by atoms with van der Waals surface area (Å²) in [6.07, 6.45) is 5.93. The van der Waals surface area contributed by atoms with E-state index in [1.165, 1.54) is 45.3 Å². The summed E-state index contributed by atoms with van der Waals surface area (Å²) in [7, 11) is 0. The summed E-state index contributed by atoms with van der Waals surface area (Å²) in [5.41, 5.74) is 0.533. The molecule has 2 rings (SSSR count). The van der Waals surface area contributed by atoms with Gasteiger partial charge in [-0.25, -0.2) is 0 Å². The molecule has 1 aliphatic carbocycles. The van der Waals surface area contributed by atoms with E-state index < -0.39 is 0 Å². The molecule has 2 heteroatoms. The van der Waals surface area contributed by atoms with Crippen molar-refractivity contribution in [3.05, 3.63) is 0 Å². The smallest absolute Gasteiger partial charge is 0.0538 e. The van der Waals surface area contributed by atoms with E-state index in [0.29, 0.717) is 11.5 Å². The normalized spacial score (nSPS) is 26.2. The Kier molecular flexibility index (Phi) is 3.91. The highest BCUT2D eigenvalue weighted by Gasteiger charge is 2.44. The molecule has 2 nitrogen and oxygen atoms in total. The Balaban J connectivity index is 1.72. The minimum atomic E-state index is 0.388. The minimum absolute atomic E-state index is 0.388. The molecule has 0 aromatic rings. The Morgan fingerprint density at radius 3 is 2.38 bits per heavy atom. The third-order valence-corrected chi connectivity index (χ3v) is 4.12. The molecule has 2 aliphatic rings. The van der Waals surface area contributed by atoms with Crippen LogP contribution in [0.2, 0.25) is 0 Å². The van der Waals surface area contributed by atoms with Gasteiger partial charge in [0, 0.05) is 12.0 Å². The second-order valence-corrected chi connectivity index (χ2v) is 6.32. The number of likely N-dealkylation sites (tertiary alicyclic amines) is 1. The summed E-state index contributed by atoms with van der Waals surface area (Å²) in [5, 5.41) is 0. The van der Waals surface area contributed by atoms with Crippen LogP contribution in [0.5, 0.6) is 0 Å². The van der Waals surface area contributed by atoms with Crippen molar-refractivity contribution < 1.29 is 4.74 Å². The summed E-state index contributed by atoms with van der Waals surface area (Å²) in [5.74, 6) is 0.943. The molecule has 0 amide bonds. The van der Waals surface area contributed by atoms with Crippen LogP contribution in [-0.4, -0.2) is 37.2 Å². The molecule has 1 saturated heterocycles. The van der Waals surface area contributed by atoms with E-state index in [1.807, 2.05) is 0 Å². The second-order valence-electron chi connectivity index (χ2n) is 6.32. The molecule has 0 spiro atoms. The van der Waals surface area contributed by atoms with E-state index in [4.69, 9.17) is 4.74 Å². The second kappa shape index (κ2) is 5.05. The topological polar surface area (TPSA) is 12.5 Å². The maximum Gasteiger partial charge on any atom is 0.0538 e. The van der Waals surface area contributed by atoms with Crippen molar-refractivity contribution in [1.82, 2.24) is 4.90 Å². The molecule has 0 N–H and O–H groups in total. The van der Waals surface area contributed by atoms with Gasteiger partial charge >= 0.3 is 0 Å². The maximum atomic E-state index is 5.81. The number of piperidine rings is 1. The molecule has 0 aromatic heterocycles. The van der Waals surface area contributed by atoms with Crippen molar-refractivity contribution >= 4 is 0 Å². The monoisotopic (exact) mass is 225 g/mol. The fourth-order valence-corrected chi connectivity index (χ4v) is 2.56. The van der Waals surface area contributed by atoms with Crippen molar-refractivity contribution in [3.63, 3.8) is 0 Å². The average molecular weight is 225 g/mol. The third kappa shape index (κ3) is 3.46. The molecular weight excluding hydrogens is 198 g/mol. The first kappa shape index (κ1) is 12.4. The fourth-order valence-electron chi connectivity index (χ4n) is 2.56. The van der Waals surface area contributed by atoms with Crippen molar-refractivity contribution in [1.29, 1.82) is 0 Å². The van der Waals surface area contributed by atoms with Crippen LogP contribution >= 0.6 is 0 Å². The maximum absolute atomic E-state index is 5.81. The quantitative estimate of drug-likeness (QED) is 0.713. The molecule has 0 bridgehead atoms. The molecule has 0 radical (unpaired) electrons. The van der Waals surface area contributed by atoms with Gasteiger partial charge in [0.05, 0.1) is 12.7 Å². The first-order valence-corrected chi connectivity index (χ1v) is 6.94. The molecule has 1 saturated carbocycles. The van der Waals surface area contributed by atoms with Crippen LogP contribution in [0.3, 0.4) is 0 Å². The summed E-state index contributed by atoms with van der Waals surface area (Å²) in [6, 6.07) is 0. The number of nitrogens with zero attached hydrogens (tertiary/aromatic N) is 1. The van der Waals surface area contributed by atoms with Gasteiger partial charge in [0.1, 0.15) is 0 Å². The summed E-state index contributed by atoms with van der Waals surface area (Å²) in [4.78, 5) is 2.66. The van der Waals surface area contributed by atoms with E-state index in [9.17, 15) is 0 Å². The highest BCUT2D eigenvalue weighted by atomic mass is 16.5. The Labute approximate surface area is 100 Å². The summed E-state index contributed by atoms with van der Waals surface area (Å²) in [6.45, 7) is 11.5. The van der Waals surface area contributed by atoms with E-state index in [1.54, 1.807) is 0 Å². The predicted octanol–water partition coefficient (Wildman–Crippen LogP) is 2.92. The van der Waals surface area contributed by atoms with Crippen LogP contribution in [0.1, 0.15) is 46.5 Å². The summed E-state index contributed by atoms with van der Waals surface area (Å²) < 4.78 is 5.81. The van der Waals surface area contributed by atoms with Crippen LogP contribution in [0, 0.1) is 11.3 Å². The van der Waals surface area contributed by atoms with Crippen molar-refractivity contribution in [2.45, 2.75) is 52.6 Å². The standard InChI is InChI=1S/C14H27NO/c1-12(2)16-11-14(6-7-14)10-15-8-4-13(3)5-9-15/h12-13H,4-11H2,1-3H3. The summed E-state index contributed by atoms with van der Waals surface area (Å²) >= 11 is 0. The van der Waals surface area contributed by atoms with Crippen LogP contribution in [0.15, 0.2) is 0 Å². The van der Waals surface area contributed by atoms with Crippen LogP contribution < -0.4 is 0 Å². The molecule has 1 heterocycles. The van der Waals surface area contributed by atoms with Crippen molar-refractivity contribution in [2.24, 2.45) is 11.3 Å². The van der Waals surface area contributed by atoms with Crippen LogP contribution in [0.4, 0.5) is 0 Å². The first-order valence-electron chi connectivity index (χ1n) is 6.94. The lowest BCUT2D eigenvalue weighted by Crippen LogP contribution is -2.38. The average Bonchev–Trinajstić information content (AvgIpc) is 3.00. The lowest BCUT2D eigenvalue weighted by molar-refractivity contribution is 0.0269. The Morgan fingerprint density at radius 1 is 1.25 bits per heavy atom. The number of ether oxygens (including phenoxy) is 1. The lowest BCUT2D eigenvalue weighted by Gasteiger charge is -2.33. The minimum Gasteiger partial charge on any atom is -0.378 e. The molecule has 16 heavy (non-hydrogen) atoms. The molecule has 2 fully saturated rings. The van der Waals surface area contributed by atoms with E-state index in [-0.39, 0.29) is 0 Å². The molecule has 0 aromatic carbocycles. The highest BCUT2D eigenvalue weighted by Crippen LogP contribution is 2.47. The third-order valence-electron chi connectivity index (χ3n) is 4.12. The lowest BCUT2D eigenvalue weighted by atomic mass is 9.97. The zero-order chi connectivity index (χ0) is 11.6. The van der Waals surface area contributed by atoms with Crippen molar-refractivity contribution in [2.75, 3.05) is 26.2 Å². The van der Waals surface area contributed by atoms with Gasteiger partial charge in [-0.05, 0) is 58.5 Å². The van der Waals surface area contributed by atoms with Gasteiger partial charge in [0.2, 0.25) is 0 Å². The number of hydrogen-bond donors (Lipinski definition) is 0. The first-order chi connectivity index (χ1) is 7.60. The Morgan fingerprint density at radius 2 is 1.88 bits per heavy atom.